The lowest BCUT2D eigenvalue weighted by molar-refractivity contribution is -0.141. The number of rotatable bonds is 18. The molecule has 398 valence electrons. The van der Waals surface area contributed by atoms with Gasteiger partial charge in [0.2, 0.25) is 11.8 Å². The SMILES string of the molecule is Cc1ncsc1-c1ccc([C@H](C)NC(=O)[C@@H]2C[C@@H](O)CN2C(=O)[C@H](c2cc(OCCC3CCN(CC4CC(N5CCC([C@@H](C)n6cc(-c7cc(-c8ccccc8O)nnc7N)cn6)CC5)C4)CC3)no2)C(C)C)cc1. The standard InChI is InChI=1S/C57H73N11O6S/c1-34(2)53(57(72)67-32-45(69)26-49(67)56(71)61-35(3)40-10-12-42(13-11-40)54-36(4)59-33-75-54)51-28-52(64-74-51)73-23-18-38-14-19-65(20-15-38)30-39-24-44(25-39)66-21-16-41(17-22-66)37(5)68-31-43(29-60-68)47-27-48(62-63-55(47)58)46-8-6-7-9-50(46)70/h6-13,27-29,31,33-35,37-39,41,44-45,49,53,69-70H,14-26,30,32H2,1-5H3,(H2,58,63)(H,61,71)/t35-,37+,39?,44?,45+,49-,53-/m0/s1. The Morgan fingerprint density at radius 1 is 0.920 bits per heavy atom. The second-order valence-electron chi connectivity index (χ2n) is 22.0. The van der Waals surface area contributed by atoms with Gasteiger partial charge in [0.05, 0.1) is 52.8 Å². The number of ether oxygens (including phenoxy) is 1. The largest absolute Gasteiger partial charge is 0.507 e. The van der Waals surface area contributed by atoms with Crippen LogP contribution in [-0.4, -0.2) is 131 Å². The fourth-order valence-corrected chi connectivity index (χ4v) is 12.9. The van der Waals surface area contributed by atoms with Gasteiger partial charge in [-0.2, -0.15) is 5.10 Å². The van der Waals surface area contributed by atoms with E-state index in [1.165, 1.54) is 24.3 Å². The number of β-amino-alcohol motifs (C(OH)–C–C–N with tert-alkyl or cyclic N) is 1. The van der Waals surface area contributed by atoms with Gasteiger partial charge >= 0.3 is 0 Å². The number of aliphatic hydroxyl groups is 1. The predicted molar refractivity (Wildman–Crippen MR) is 289 cm³/mol. The van der Waals surface area contributed by atoms with Gasteiger partial charge in [0.15, 0.2) is 11.6 Å². The van der Waals surface area contributed by atoms with E-state index < -0.39 is 18.1 Å². The number of hydrogen-bond acceptors (Lipinski definition) is 15. The molecule has 6 aromatic rings. The smallest absolute Gasteiger partial charge is 0.254 e. The summed E-state index contributed by atoms with van der Waals surface area (Å²) in [5.74, 6) is 1.71. The van der Waals surface area contributed by atoms with Crippen LogP contribution in [-0.2, 0) is 9.59 Å². The number of carbonyl (C=O) groups is 2. The van der Waals surface area contributed by atoms with Crippen molar-refractivity contribution in [1.82, 2.24) is 50.1 Å². The molecule has 10 rings (SSSR count). The van der Waals surface area contributed by atoms with Crippen LogP contribution in [0.1, 0.15) is 114 Å². The zero-order chi connectivity index (χ0) is 52.3. The molecule has 1 aliphatic carbocycles. The molecule has 0 unspecified atom stereocenters. The zero-order valence-electron chi connectivity index (χ0n) is 43.9. The highest BCUT2D eigenvalue weighted by atomic mass is 32.1. The second-order valence-corrected chi connectivity index (χ2v) is 22.9. The molecule has 1 saturated carbocycles. The topological polar surface area (TPSA) is 214 Å². The molecule has 5 N–H and O–H groups in total. The number of nitrogens with zero attached hydrogens (tertiary/aromatic N) is 9. The van der Waals surface area contributed by atoms with Crippen LogP contribution in [0.3, 0.4) is 0 Å². The average Bonchev–Trinajstić information content (AvgIpc) is 4.24. The first-order chi connectivity index (χ1) is 36.3. The Balaban J connectivity index is 0.626. The van der Waals surface area contributed by atoms with Crippen molar-refractivity contribution in [3.8, 4) is 44.5 Å². The molecule has 17 nitrogen and oxygen atoms in total. The summed E-state index contributed by atoms with van der Waals surface area (Å²) in [6.07, 6.45) is 11.4. The fourth-order valence-electron chi connectivity index (χ4n) is 12.0. The number of aliphatic hydroxyl groups excluding tert-OH is 1. The Kier molecular flexibility index (Phi) is 16.0. The molecule has 5 atom stereocenters. The number of aromatic nitrogens is 6. The number of likely N-dealkylation sites (tertiary alicyclic amines) is 3. The maximum atomic E-state index is 14.3. The van der Waals surface area contributed by atoms with Crippen molar-refractivity contribution in [3.05, 3.63) is 95.6 Å². The summed E-state index contributed by atoms with van der Waals surface area (Å²) in [5, 5.41) is 41.6. The minimum Gasteiger partial charge on any atom is -0.507 e. The van der Waals surface area contributed by atoms with E-state index in [-0.39, 0.29) is 48.5 Å². The number of nitrogen functional groups attached to an aromatic ring is 1. The number of para-hydroxylation sites is 1. The summed E-state index contributed by atoms with van der Waals surface area (Å²) in [6, 6.07) is 18.6. The van der Waals surface area contributed by atoms with E-state index in [1.807, 2.05) is 81.9 Å². The van der Waals surface area contributed by atoms with Gasteiger partial charge < -0.3 is 45.2 Å². The number of hydrogen-bond donors (Lipinski definition) is 4. The number of nitrogens with one attached hydrogen (secondary N) is 1. The first-order valence-corrected chi connectivity index (χ1v) is 27.9. The van der Waals surface area contributed by atoms with Crippen molar-refractivity contribution in [2.75, 3.05) is 51.6 Å². The highest BCUT2D eigenvalue weighted by Gasteiger charge is 2.44. The number of thiazole rings is 1. The molecule has 2 amide bonds. The summed E-state index contributed by atoms with van der Waals surface area (Å²) in [5.41, 5.74) is 13.9. The maximum absolute atomic E-state index is 14.3. The van der Waals surface area contributed by atoms with Gasteiger partial charge in [0, 0.05) is 54.5 Å². The molecule has 3 aliphatic heterocycles. The van der Waals surface area contributed by atoms with E-state index in [4.69, 9.17) is 20.1 Å². The van der Waals surface area contributed by atoms with Crippen LogP contribution < -0.4 is 15.8 Å². The maximum Gasteiger partial charge on any atom is 0.254 e. The number of benzene rings is 2. The lowest BCUT2D eigenvalue weighted by atomic mass is 9.77. The Hall–Kier alpha value is -6.21. The van der Waals surface area contributed by atoms with Gasteiger partial charge in [-0.1, -0.05) is 50.2 Å². The molecule has 7 heterocycles. The van der Waals surface area contributed by atoms with Gasteiger partial charge in [-0.05, 0) is 150 Å². The summed E-state index contributed by atoms with van der Waals surface area (Å²) >= 11 is 1.60. The first kappa shape index (κ1) is 52.2. The molecular formula is C57H73N11O6S. The number of piperidine rings is 2. The minimum absolute atomic E-state index is 0.0711. The summed E-state index contributed by atoms with van der Waals surface area (Å²) in [7, 11) is 0. The molecule has 2 aromatic carbocycles. The third-order valence-corrected chi connectivity index (χ3v) is 17.7. The second kappa shape index (κ2) is 22.9. The zero-order valence-corrected chi connectivity index (χ0v) is 44.7. The van der Waals surface area contributed by atoms with Crippen LogP contribution in [0.25, 0.3) is 32.8 Å². The van der Waals surface area contributed by atoms with Gasteiger partial charge in [0.1, 0.15) is 17.7 Å². The van der Waals surface area contributed by atoms with Gasteiger partial charge in [-0.3, -0.25) is 14.3 Å². The number of anilines is 1. The van der Waals surface area contributed by atoms with Crippen LogP contribution in [0.4, 0.5) is 5.82 Å². The molecule has 75 heavy (non-hydrogen) atoms. The summed E-state index contributed by atoms with van der Waals surface area (Å²) in [6.45, 7) is 16.3. The number of phenolic OH excluding ortho intramolecular Hbond substituents is 1. The normalized spacial score (nSPS) is 22.3. The van der Waals surface area contributed by atoms with Gasteiger partial charge in [-0.25, -0.2) is 4.98 Å². The quantitative estimate of drug-likeness (QED) is 0.0635. The molecule has 3 saturated heterocycles. The molecule has 4 fully saturated rings. The van der Waals surface area contributed by atoms with Crippen LogP contribution in [0.2, 0.25) is 0 Å². The number of aromatic hydroxyl groups is 1. The highest BCUT2D eigenvalue weighted by molar-refractivity contribution is 7.13. The fraction of sp³-hybridized carbons (Fsp3) is 0.526. The van der Waals surface area contributed by atoms with Crippen molar-refractivity contribution in [3.63, 3.8) is 0 Å². The van der Waals surface area contributed by atoms with E-state index in [1.54, 1.807) is 29.5 Å². The van der Waals surface area contributed by atoms with Crippen molar-refractivity contribution in [2.45, 2.75) is 122 Å². The Morgan fingerprint density at radius 3 is 2.40 bits per heavy atom. The van der Waals surface area contributed by atoms with E-state index >= 15 is 0 Å². The van der Waals surface area contributed by atoms with Crippen LogP contribution in [0, 0.1) is 30.6 Å². The minimum atomic E-state index is -0.811. The highest BCUT2D eigenvalue weighted by Crippen LogP contribution is 2.39. The van der Waals surface area contributed by atoms with E-state index in [0.717, 1.165) is 97.0 Å². The third kappa shape index (κ3) is 11.8. The Labute approximate surface area is 443 Å². The van der Waals surface area contributed by atoms with E-state index in [2.05, 4.69) is 53.3 Å². The van der Waals surface area contributed by atoms with E-state index in [0.29, 0.717) is 53.2 Å². The third-order valence-electron chi connectivity index (χ3n) is 16.7. The number of nitrogens with two attached hydrogens (primary N) is 1. The Morgan fingerprint density at radius 2 is 1.68 bits per heavy atom. The molecule has 18 heteroatoms. The monoisotopic (exact) mass is 1040 g/mol. The first-order valence-electron chi connectivity index (χ1n) is 27.1. The van der Waals surface area contributed by atoms with Crippen molar-refractivity contribution in [1.29, 1.82) is 0 Å². The molecule has 4 aromatic heterocycles. The van der Waals surface area contributed by atoms with Gasteiger partial charge in [0.25, 0.3) is 5.88 Å². The molecule has 0 bridgehead atoms. The Bertz CT molecular complexity index is 2880. The predicted octanol–water partition coefficient (Wildman–Crippen LogP) is 8.53. The summed E-state index contributed by atoms with van der Waals surface area (Å²) < 4.78 is 14.0. The van der Waals surface area contributed by atoms with Gasteiger partial charge in [-0.15, -0.1) is 21.5 Å². The van der Waals surface area contributed by atoms with Crippen LogP contribution in [0.5, 0.6) is 11.6 Å². The average molecular weight is 1040 g/mol. The van der Waals surface area contributed by atoms with Crippen LogP contribution in [0.15, 0.2) is 83.1 Å². The van der Waals surface area contributed by atoms with Crippen molar-refractivity contribution < 1.29 is 29.1 Å². The number of amides is 2. The number of phenols is 1. The molecule has 0 spiro atoms. The molecule has 4 aliphatic rings. The molecule has 0 radical (unpaired) electrons. The lowest BCUT2D eigenvalue weighted by Gasteiger charge is -2.48. The lowest BCUT2D eigenvalue weighted by Crippen LogP contribution is -2.51. The van der Waals surface area contributed by atoms with E-state index in [9.17, 15) is 19.8 Å². The number of carbonyl (C=O) groups excluding carboxylic acids is 2. The summed E-state index contributed by atoms with van der Waals surface area (Å²) in [4.78, 5) is 40.4. The van der Waals surface area contributed by atoms with Crippen LogP contribution >= 0.6 is 11.3 Å². The molecular weight excluding hydrogens is 967 g/mol. The van der Waals surface area contributed by atoms with Crippen molar-refractivity contribution >= 4 is 29.0 Å². The number of aryl methyl sites for hydroxylation is 1. The van der Waals surface area contributed by atoms with Crippen molar-refractivity contribution in [2.24, 2.45) is 23.7 Å².